The van der Waals surface area contributed by atoms with Crippen LogP contribution >= 0.6 is 0 Å². The number of fused-ring (bicyclic) bond motifs is 9. The van der Waals surface area contributed by atoms with E-state index in [0.717, 1.165) is 39.0 Å². The molecule has 3 heterocycles. The van der Waals surface area contributed by atoms with Crippen LogP contribution in [0.15, 0.2) is 186 Å². The van der Waals surface area contributed by atoms with Crippen LogP contribution in [-0.2, 0) is 0 Å². The first kappa shape index (κ1) is 29.4. The molecule has 4 heteroatoms. The van der Waals surface area contributed by atoms with Gasteiger partial charge in [0.25, 0.3) is 0 Å². The molecule has 52 heavy (non-hydrogen) atoms. The Morgan fingerprint density at radius 3 is 1.87 bits per heavy atom. The molecule has 0 saturated carbocycles. The van der Waals surface area contributed by atoms with E-state index in [1.54, 1.807) is 0 Å². The topological polar surface area (TPSA) is 21.3 Å². The number of benzene rings is 8. The number of furan rings is 1. The van der Waals surface area contributed by atoms with Crippen LogP contribution in [0.3, 0.4) is 0 Å². The van der Waals surface area contributed by atoms with E-state index in [2.05, 4.69) is 179 Å². The van der Waals surface area contributed by atoms with E-state index < -0.39 is 0 Å². The molecule has 0 fully saturated rings. The number of anilines is 3. The van der Waals surface area contributed by atoms with Crippen LogP contribution in [0.25, 0.3) is 79.9 Å². The molecule has 11 aromatic rings. The molecule has 11 rings (SSSR count). The molecule has 0 aliphatic heterocycles. The van der Waals surface area contributed by atoms with Crippen LogP contribution in [0.1, 0.15) is 0 Å². The Labute approximate surface area is 305 Å². The number of para-hydroxylation sites is 3. The van der Waals surface area contributed by atoms with Crippen molar-refractivity contribution < 1.29 is 4.42 Å². The van der Waals surface area contributed by atoms with Gasteiger partial charge in [-0.25, -0.2) is 0 Å². The van der Waals surface area contributed by atoms with Crippen LogP contribution in [0.2, 0.25) is 0 Å². The van der Waals surface area contributed by atoms with Crippen molar-refractivity contribution in [2.45, 2.75) is 0 Å². The maximum absolute atomic E-state index is 6.23. The van der Waals surface area contributed by atoms with E-state index in [4.69, 9.17) is 4.42 Å². The van der Waals surface area contributed by atoms with Crippen LogP contribution in [-0.4, -0.2) is 19.1 Å². The second-order valence-electron chi connectivity index (χ2n) is 13.4. The van der Waals surface area contributed by atoms with E-state index in [0.29, 0.717) is 14.5 Å². The summed E-state index contributed by atoms with van der Waals surface area (Å²) >= 11 is 0.319. The van der Waals surface area contributed by atoms with Gasteiger partial charge >= 0.3 is 226 Å². The summed E-state index contributed by atoms with van der Waals surface area (Å²) in [5.41, 5.74) is 11.1. The third kappa shape index (κ3) is 4.59. The van der Waals surface area contributed by atoms with Gasteiger partial charge in [0.1, 0.15) is 0 Å². The Morgan fingerprint density at radius 2 is 1.00 bits per heavy atom. The van der Waals surface area contributed by atoms with E-state index in [-0.39, 0.29) is 0 Å². The quantitative estimate of drug-likeness (QED) is 0.165. The summed E-state index contributed by atoms with van der Waals surface area (Å²) in [5.74, 6) is 0. The second-order valence-corrected chi connectivity index (χ2v) is 15.6. The van der Waals surface area contributed by atoms with Gasteiger partial charge in [0, 0.05) is 11.1 Å². The molecule has 3 nitrogen and oxygen atoms in total. The van der Waals surface area contributed by atoms with Gasteiger partial charge in [0.15, 0.2) is 0 Å². The monoisotopic (exact) mass is 730 g/mol. The average molecular weight is 730 g/mol. The molecule has 0 atom stereocenters. The molecular weight excluding hydrogens is 700 g/mol. The summed E-state index contributed by atoms with van der Waals surface area (Å²) in [6.07, 6.45) is 0. The molecule has 3 aromatic heterocycles. The van der Waals surface area contributed by atoms with Gasteiger partial charge in [-0.15, -0.1) is 0 Å². The zero-order chi connectivity index (χ0) is 34.2. The summed E-state index contributed by atoms with van der Waals surface area (Å²) < 4.78 is 11.5. The molecule has 0 aliphatic rings. The number of hydrogen-bond donors (Lipinski definition) is 0. The third-order valence-electron chi connectivity index (χ3n) is 10.4. The standard InChI is InChI=1S/C48H30N2OSe/c1-2-10-33(11-3-1)50-43-15-7-4-12-37(43)40-28-32(20-25-44(40)50)31-18-21-34(22-19-31)49(35-23-26-46-41(29-35)38-13-5-8-16-45(38)51-46)36-24-27-48-42(30-36)39-14-6-9-17-47(39)52-48/h1-30H. The number of hydrogen-bond acceptors (Lipinski definition) is 2. The zero-order valence-corrected chi connectivity index (χ0v) is 29.7. The minimum absolute atomic E-state index is 0.319. The van der Waals surface area contributed by atoms with Crippen molar-refractivity contribution in [1.29, 1.82) is 0 Å². The summed E-state index contributed by atoms with van der Waals surface area (Å²) in [6.45, 7) is 0. The predicted octanol–water partition coefficient (Wildman–Crippen LogP) is 13.2. The zero-order valence-electron chi connectivity index (χ0n) is 28.0. The molecule has 244 valence electrons. The Balaban J connectivity index is 1.06. The Hall–Kier alpha value is -6.32. The first-order valence-corrected chi connectivity index (χ1v) is 19.3. The summed E-state index contributed by atoms with van der Waals surface area (Å²) in [4.78, 5) is 2.38. The van der Waals surface area contributed by atoms with Crippen molar-refractivity contribution in [2.75, 3.05) is 4.90 Å². The fourth-order valence-corrected chi connectivity index (χ4v) is 10.2. The maximum atomic E-state index is 6.23. The Morgan fingerprint density at radius 1 is 0.385 bits per heavy atom. The van der Waals surface area contributed by atoms with Crippen molar-refractivity contribution in [1.82, 2.24) is 4.57 Å². The SMILES string of the molecule is c1ccc(-n2c3ccccc3c3cc(-c4ccc(N(c5ccc6oc7ccccc7c6c5)c5ccc6[se]c7ccccc7c6c5)cc4)ccc32)cc1. The second kappa shape index (κ2) is 11.6. The summed E-state index contributed by atoms with van der Waals surface area (Å²) in [7, 11) is 0. The van der Waals surface area contributed by atoms with Crippen LogP contribution in [0.5, 0.6) is 0 Å². The Bertz CT molecular complexity index is 3020. The first-order valence-electron chi connectivity index (χ1n) is 17.6. The molecule has 0 amide bonds. The van der Waals surface area contributed by atoms with Crippen molar-refractivity contribution in [3.63, 3.8) is 0 Å². The van der Waals surface area contributed by atoms with Crippen LogP contribution in [0, 0.1) is 0 Å². The fraction of sp³-hybridized carbons (Fsp3) is 0. The molecule has 0 saturated heterocycles. The molecule has 0 unspecified atom stereocenters. The normalized spacial score (nSPS) is 11.8. The Kier molecular flexibility index (Phi) is 6.57. The predicted molar refractivity (Wildman–Crippen MR) is 220 cm³/mol. The van der Waals surface area contributed by atoms with Crippen molar-refractivity contribution in [3.05, 3.63) is 182 Å². The van der Waals surface area contributed by atoms with Gasteiger partial charge in [-0.1, -0.05) is 36.4 Å². The van der Waals surface area contributed by atoms with Crippen molar-refractivity contribution >= 4 is 94.6 Å². The average Bonchev–Trinajstić information content (AvgIpc) is 3.88. The van der Waals surface area contributed by atoms with Gasteiger partial charge in [-0.05, 0) is 18.2 Å². The molecule has 0 aliphatic carbocycles. The molecule has 0 radical (unpaired) electrons. The minimum Gasteiger partial charge on any atom is -0.0602 e. The van der Waals surface area contributed by atoms with E-state index in [9.17, 15) is 0 Å². The fourth-order valence-electron chi connectivity index (χ4n) is 7.96. The minimum atomic E-state index is 0.319. The van der Waals surface area contributed by atoms with E-state index >= 15 is 0 Å². The van der Waals surface area contributed by atoms with Crippen molar-refractivity contribution in [3.8, 4) is 16.8 Å². The smallest absolute Gasteiger partial charge is 0.0602 e. The number of rotatable bonds is 5. The van der Waals surface area contributed by atoms with Crippen LogP contribution in [0.4, 0.5) is 17.1 Å². The van der Waals surface area contributed by atoms with Gasteiger partial charge in [-0.2, -0.15) is 0 Å². The van der Waals surface area contributed by atoms with E-state index in [1.165, 1.54) is 57.9 Å². The van der Waals surface area contributed by atoms with Crippen molar-refractivity contribution in [2.24, 2.45) is 0 Å². The van der Waals surface area contributed by atoms with Crippen LogP contribution < -0.4 is 4.90 Å². The molecule has 0 bridgehead atoms. The summed E-state index contributed by atoms with van der Waals surface area (Å²) in [5, 5.41) is 7.45. The molecule has 8 aromatic carbocycles. The van der Waals surface area contributed by atoms with Gasteiger partial charge < -0.3 is 4.57 Å². The third-order valence-corrected chi connectivity index (χ3v) is 12.8. The molecule has 0 N–H and O–H groups in total. The van der Waals surface area contributed by atoms with Gasteiger partial charge in [-0.3, -0.25) is 0 Å². The number of aromatic nitrogens is 1. The van der Waals surface area contributed by atoms with Gasteiger partial charge in [0.2, 0.25) is 0 Å². The van der Waals surface area contributed by atoms with Gasteiger partial charge in [0.05, 0.1) is 11.0 Å². The molecular formula is C48H30N2OSe. The first-order chi connectivity index (χ1) is 25.8. The summed E-state index contributed by atoms with van der Waals surface area (Å²) in [6, 6.07) is 66.0. The van der Waals surface area contributed by atoms with E-state index in [1.807, 2.05) is 12.1 Å². The number of nitrogens with zero attached hydrogens (tertiary/aromatic N) is 2. The molecule has 0 spiro atoms.